The number of carboxylic acid groups (broad SMARTS) is 1. The highest BCUT2D eigenvalue weighted by Crippen LogP contribution is 2.32. The van der Waals surface area contributed by atoms with E-state index in [1.807, 2.05) is 18.2 Å². The van der Waals surface area contributed by atoms with Crippen LogP contribution in [0.1, 0.15) is 43.7 Å². The van der Waals surface area contributed by atoms with Crippen LogP contribution in [-0.4, -0.2) is 50.8 Å². The first-order chi connectivity index (χ1) is 13.9. The number of carbonyl (C=O) groups is 2. The van der Waals surface area contributed by atoms with Crippen molar-refractivity contribution in [2.75, 3.05) is 11.5 Å². The second-order valence-electron chi connectivity index (χ2n) is 7.49. The van der Waals surface area contributed by atoms with Gasteiger partial charge >= 0.3 is 5.97 Å². The van der Waals surface area contributed by atoms with E-state index < -0.39 is 24.1 Å². The number of carboxylic acids is 1. The molecule has 0 aromatic heterocycles. The predicted molar refractivity (Wildman–Crippen MR) is 115 cm³/mol. The Kier molecular flexibility index (Phi) is 9.72. The van der Waals surface area contributed by atoms with E-state index in [9.17, 15) is 19.8 Å². The van der Waals surface area contributed by atoms with Gasteiger partial charge in [-0.1, -0.05) is 49.5 Å². The van der Waals surface area contributed by atoms with Gasteiger partial charge in [-0.2, -0.15) is 11.8 Å². The molecule has 3 N–H and O–H groups in total. The van der Waals surface area contributed by atoms with Gasteiger partial charge in [0.05, 0.1) is 17.8 Å². The molecule has 0 radical (unpaired) electrons. The summed E-state index contributed by atoms with van der Waals surface area (Å²) in [7, 11) is 0. The van der Waals surface area contributed by atoms with Gasteiger partial charge < -0.3 is 15.3 Å². The topological polar surface area (TPSA) is 94.8 Å². The predicted octanol–water partition coefficient (Wildman–Crippen LogP) is 2.71. The summed E-state index contributed by atoms with van der Waals surface area (Å²) in [4.78, 5) is 22.7. The van der Waals surface area contributed by atoms with E-state index in [1.54, 1.807) is 0 Å². The fraction of sp³-hybridized carbons (Fsp3) is 0.565. The summed E-state index contributed by atoms with van der Waals surface area (Å²) in [5.74, 6) is 5.10. The fourth-order valence-electron chi connectivity index (χ4n) is 3.66. The van der Waals surface area contributed by atoms with Crippen LogP contribution in [0.15, 0.2) is 24.3 Å². The van der Waals surface area contributed by atoms with Crippen molar-refractivity contribution < 1.29 is 24.9 Å². The maximum Gasteiger partial charge on any atom is 0.313 e. The van der Waals surface area contributed by atoms with Crippen molar-refractivity contribution in [1.29, 1.82) is 0 Å². The van der Waals surface area contributed by atoms with Crippen molar-refractivity contribution in [2.45, 2.75) is 57.7 Å². The largest absolute Gasteiger partial charge is 0.481 e. The molecule has 4 atom stereocenters. The Bertz CT molecular complexity index is 751. The molecule has 0 saturated heterocycles. The number of aliphatic carboxylic acids is 1. The Morgan fingerprint density at radius 2 is 2.07 bits per heavy atom. The van der Waals surface area contributed by atoms with Gasteiger partial charge in [-0.15, -0.1) is 0 Å². The van der Waals surface area contributed by atoms with Crippen LogP contribution in [0, 0.1) is 23.7 Å². The van der Waals surface area contributed by atoms with E-state index in [4.69, 9.17) is 5.11 Å². The third kappa shape index (κ3) is 7.85. The van der Waals surface area contributed by atoms with Crippen molar-refractivity contribution in [3.8, 4) is 11.8 Å². The zero-order valence-electron chi connectivity index (χ0n) is 16.8. The third-order valence-electron chi connectivity index (χ3n) is 5.20. The molecule has 2 rings (SSSR count). The number of aliphatic hydroxyl groups is 2. The molecule has 1 aliphatic carbocycles. The van der Waals surface area contributed by atoms with Gasteiger partial charge in [0, 0.05) is 18.8 Å². The first kappa shape index (κ1) is 23.5. The van der Waals surface area contributed by atoms with Crippen LogP contribution >= 0.6 is 11.8 Å². The van der Waals surface area contributed by atoms with Crippen LogP contribution in [0.4, 0.5) is 0 Å². The Hall–Kier alpha value is -1.81. The number of unbranched alkanes of at least 4 members (excludes halogenated alkanes) is 1. The summed E-state index contributed by atoms with van der Waals surface area (Å²) < 4.78 is 0. The quantitative estimate of drug-likeness (QED) is 0.399. The van der Waals surface area contributed by atoms with E-state index >= 15 is 0 Å². The minimum Gasteiger partial charge on any atom is -0.481 e. The van der Waals surface area contributed by atoms with Crippen molar-refractivity contribution in [1.82, 2.24) is 0 Å². The molecule has 0 unspecified atom stereocenters. The second-order valence-corrected chi connectivity index (χ2v) is 8.60. The molecule has 0 bridgehead atoms. The molecule has 1 aromatic rings. The first-order valence-electron chi connectivity index (χ1n) is 10.2. The molecule has 29 heavy (non-hydrogen) atoms. The smallest absolute Gasteiger partial charge is 0.313 e. The second kappa shape index (κ2) is 12.0. The van der Waals surface area contributed by atoms with E-state index in [-0.39, 0.29) is 23.9 Å². The zero-order chi connectivity index (χ0) is 21.2. The number of hydrogen-bond donors (Lipinski definition) is 3. The van der Waals surface area contributed by atoms with E-state index in [2.05, 4.69) is 24.8 Å². The van der Waals surface area contributed by atoms with Crippen LogP contribution in [0.3, 0.4) is 0 Å². The molecule has 6 heteroatoms. The van der Waals surface area contributed by atoms with Gasteiger partial charge in [0.15, 0.2) is 0 Å². The molecule has 1 saturated carbocycles. The SMILES string of the molecule is CCc1cccc(C[C@H](O)C#C[C@H]2[C@H](O)CC(=O)[C@@H]2CCCCSCC(=O)O)c1. The van der Waals surface area contributed by atoms with Crippen molar-refractivity contribution in [2.24, 2.45) is 11.8 Å². The maximum atomic E-state index is 12.2. The molecule has 1 aromatic carbocycles. The van der Waals surface area contributed by atoms with Gasteiger partial charge in [-0.05, 0) is 36.1 Å². The standard InChI is InChI=1S/C23H30O5S/c1-2-16-6-5-7-17(12-16)13-18(24)9-10-20-19(21(25)14-22(20)26)8-3-4-11-29-15-23(27)28/h5-7,12,18-20,22,24,26H,2-4,8,11,13-15H2,1H3,(H,27,28)/t18-,19-,20-,22-/m1/s1. The summed E-state index contributed by atoms with van der Waals surface area (Å²) in [5.41, 5.74) is 2.23. The number of aliphatic hydroxyl groups excluding tert-OH is 2. The monoisotopic (exact) mass is 418 g/mol. The number of Topliss-reactive ketones (excluding diaryl/α,β-unsaturated/α-hetero) is 1. The molecule has 0 spiro atoms. The lowest BCUT2D eigenvalue weighted by Gasteiger charge is -2.15. The van der Waals surface area contributed by atoms with Gasteiger partial charge in [-0.25, -0.2) is 0 Å². The molecule has 5 nitrogen and oxygen atoms in total. The normalized spacial score (nSPS) is 22.2. The molecule has 158 valence electrons. The van der Waals surface area contributed by atoms with Gasteiger partial charge in [-0.3, -0.25) is 9.59 Å². The number of rotatable bonds is 10. The minimum atomic E-state index is -0.835. The average Bonchev–Trinajstić information content (AvgIpc) is 2.95. The first-order valence-corrected chi connectivity index (χ1v) is 11.3. The van der Waals surface area contributed by atoms with Crippen molar-refractivity contribution in [3.05, 3.63) is 35.4 Å². The Morgan fingerprint density at radius 3 is 2.79 bits per heavy atom. The highest BCUT2D eigenvalue weighted by molar-refractivity contribution is 7.99. The molecule has 0 aliphatic heterocycles. The highest BCUT2D eigenvalue weighted by atomic mass is 32.2. The maximum absolute atomic E-state index is 12.2. The van der Waals surface area contributed by atoms with E-state index in [0.717, 1.165) is 30.6 Å². The number of carbonyl (C=O) groups excluding carboxylic acids is 1. The zero-order valence-corrected chi connectivity index (χ0v) is 17.7. The summed E-state index contributed by atoms with van der Waals surface area (Å²) in [6.07, 6.45) is 2.11. The third-order valence-corrected chi connectivity index (χ3v) is 6.22. The highest BCUT2D eigenvalue weighted by Gasteiger charge is 2.40. The summed E-state index contributed by atoms with van der Waals surface area (Å²) in [6, 6.07) is 8.04. The van der Waals surface area contributed by atoms with E-state index in [0.29, 0.717) is 12.8 Å². The number of aryl methyl sites for hydroxylation is 1. The summed E-state index contributed by atoms with van der Waals surface area (Å²) in [6.45, 7) is 2.08. The van der Waals surface area contributed by atoms with Gasteiger partial charge in [0.25, 0.3) is 0 Å². The average molecular weight is 419 g/mol. The van der Waals surface area contributed by atoms with Crippen LogP contribution in [0.2, 0.25) is 0 Å². The van der Waals surface area contributed by atoms with Crippen molar-refractivity contribution >= 4 is 23.5 Å². The Labute approximate surface area is 176 Å². The van der Waals surface area contributed by atoms with Crippen LogP contribution in [0.25, 0.3) is 0 Å². The molecule has 0 heterocycles. The molecular weight excluding hydrogens is 388 g/mol. The van der Waals surface area contributed by atoms with Gasteiger partial charge in [0.2, 0.25) is 0 Å². The number of benzene rings is 1. The Morgan fingerprint density at radius 1 is 1.31 bits per heavy atom. The summed E-state index contributed by atoms with van der Waals surface area (Å²) >= 11 is 1.37. The number of thioether (sulfide) groups is 1. The lowest BCUT2D eigenvalue weighted by atomic mass is 9.89. The molecular formula is C23H30O5S. The lowest BCUT2D eigenvalue weighted by molar-refractivity contribution is -0.134. The van der Waals surface area contributed by atoms with Crippen molar-refractivity contribution in [3.63, 3.8) is 0 Å². The van der Waals surface area contributed by atoms with E-state index in [1.165, 1.54) is 17.3 Å². The molecule has 1 aliphatic rings. The van der Waals surface area contributed by atoms with Crippen LogP contribution in [-0.2, 0) is 22.4 Å². The van der Waals surface area contributed by atoms with Crippen LogP contribution in [0.5, 0.6) is 0 Å². The summed E-state index contributed by atoms with van der Waals surface area (Å²) in [5, 5.41) is 29.2. The minimum absolute atomic E-state index is 0.0279. The van der Waals surface area contributed by atoms with Crippen LogP contribution < -0.4 is 0 Å². The number of hydrogen-bond acceptors (Lipinski definition) is 5. The lowest BCUT2D eigenvalue weighted by Crippen LogP contribution is -2.20. The molecule has 1 fully saturated rings. The number of ketones is 1. The van der Waals surface area contributed by atoms with Gasteiger partial charge in [0.1, 0.15) is 11.9 Å². The molecule has 0 amide bonds. The Balaban J connectivity index is 1.88. The fourth-order valence-corrected chi connectivity index (χ4v) is 4.39.